The monoisotopic (exact) mass is 566 g/mol. The highest BCUT2D eigenvalue weighted by molar-refractivity contribution is 6.32. The molecule has 3 heterocycles. The van der Waals surface area contributed by atoms with E-state index in [-0.39, 0.29) is 21.4 Å². The van der Waals surface area contributed by atoms with Gasteiger partial charge in [0.05, 0.1) is 17.9 Å². The highest BCUT2D eigenvalue weighted by Crippen LogP contribution is 2.57. The van der Waals surface area contributed by atoms with Crippen molar-refractivity contribution in [3.63, 3.8) is 0 Å². The van der Waals surface area contributed by atoms with E-state index in [2.05, 4.69) is 4.98 Å². The van der Waals surface area contributed by atoms with Gasteiger partial charge in [0.15, 0.2) is 11.7 Å². The number of alkyl halides is 5. The summed E-state index contributed by atoms with van der Waals surface area (Å²) in [5, 5.41) is 20.3. The van der Waals surface area contributed by atoms with Crippen LogP contribution < -0.4 is 9.80 Å². The van der Waals surface area contributed by atoms with E-state index in [0.717, 1.165) is 12.3 Å². The summed E-state index contributed by atoms with van der Waals surface area (Å²) < 4.78 is 112. The van der Waals surface area contributed by atoms with Crippen LogP contribution in [0.3, 0.4) is 0 Å². The lowest BCUT2D eigenvalue weighted by Crippen LogP contribution is -2.50. The number of hydrogen-bond donors (Lipinski definition) is 2. The largest absolute Gasteiger partial charge is 0.462 e. The maximum Gasteiger partial charge on any atom is 0.420 e. The molecule has 1 unspecified atom stereocenters. The summed E-state index contributed by atoms with van der Waals surface area (Å²) in [6, 6.07) is -0.0400. The number of nitrogens with zero attached hydrogens (tertiary/aromatic N) is 3. The molecule has 4 atom stereocenters. The predicted octanol–water partition coefficient (Wildman–Crippen LogP) is 3.86. The van der Waals surface area contributed by atoms with Gasteiger partial charge in [-0.1, -0.05) is 11.6 Å². The van der Waals surface area contributed by atoms with Crippen LogP contribution in [0.5, 0.6) is 0 Å². The zero-order valence-corrected chi connectivity index (χ0v) is 19.3. The van der Waals surface area contributed by atoms with Crippen LogP contribution in [0.25, 0.3) is 11.1 Å². The first-order valence-corrected chi connectivity index (χ1v) is 11.1. The van der Waals surface area contributed by atoms with Crippen molar-refractivity contribution in [2.45, 2.75) is 42.7 Å². The van der Waals surface area contributed by atoms with Crippen LogP contribution in [0.4, 0.5) is 37.8 Å². The molecule has 2 aliphatic rings. The number of rotatable bonds is 4. The van der Waals surface area contributed by atoms with Gasteiger partial charge in [0.25, 0.3) is 17.7 Å². The van der Waals surface area contributed by atoms with E-state index in [0.29, 0.717) is 12.1 Å². The van der Waals surface area contributed by atoms with Gasteiger partial charge in [-0.2, -0.15) is 13.2 Å². The first-order chi connectivity index (χ1) is 18.8. The van der Waals surface area contributed by atoms with Crippen molar-refractivity contribution in [2.75, 3.05) is 16.8 Å². The van der Waals surface area contributed by atoms with Crippen molar-refractivity contribution in [2.24, 2.45) is 0 Å². The van der Waals surface area contributed by atoms with Crippen LogP contribution in [0.15, 0.2) is 34.9 Å². The first kappa shape index (κ1) is 22.6. The van der Waals surface area contributed by atoms with Crippen LogP contribution in [0.1, 0.15) is 27.6 Å². The number of hydrogen-bond acceptors (Lipinski definition) is 6. The Morgan fingerprint density at radius 3 is 2.61 bits per heavy atom. The predicted molar refractivity (Wildman–Crippen MR) is 119 cm³/mol. The summed E-state index contributed by atoms with van der Waals surface area (Å²) in [5.74, 6) is -10.3. The summed E-state index contributed by atoms with van der Waals surface area (Å²) in [6.45, 7) is -3.58. The summed E-state index contributed by atoms with van der Waals surface area (Å²) in [7, 11) is 0. The number of halogens is 7. The van der Waals surface area contributed by atoms with Gasteiger partial charge >= 0.3 is 6.18 Å². The quantitative estimate of drug-likeness (QED) is 0.465. The number of carbonyl (C=O) groups is 2. The number of aromatic nitrogens is 1. The maximum atomic E-state index is 15.2. The molecule has 38 heavy (non-hydrogen) atoms. The molecule has 1 aliphatic heterocycles. The van der Waals surface area contributed by atoms with Gasteiger partial charge in [-0.3, -0.25) is 14.5 Å². The van der Waals surface area contributed by atoms with Crippen molar-refractivity contribution < 1.29 is 54.7 Å². The number of benzene rings is 1. The lowest BCUT2D eigenvalue weighted by molar-refractivity contribution is -0.137. The van der Waals surface area contributed by atoms with Gasteiger partial charge in [0.1, 0.15) is 34.9 Å². The Balaban J connectivity index is 1.63. The number of aliphatic hydroxyl groups is 2. The molecule has 5 rings (SSSR count). The zero-order valence-electron chi connectivity index (χ0n) is 21.5. The Labute approximate surface area is 218 Å². The van der Waals surface area contributed by atoms with Gasteiger partial charge < -0.3 is 19.5 Å². The van der Waals surface area contributed by atoms with Crippen molar-refractivity contribution in [3.8, 4) is 0 Å². The minimum Gasteiger partial charge on any atom is -0.462 e. The Hall–Kier alpha value is -3.36. The summed E-state index contributed by atoms with van der Waals surface area (Å²) in [6.07, 6.45) is -9.70. The standard InChI is InChI=1S/C23H16ClF6N3O5/c1-32(14-6-11(24)8(4-12(14)25)10-7-22(10,26)27)20(36)16-17(34)18(35)21(37)33(16)15-5-9(23(28,29)30)19-13(31-15)2-3-38-19/h2-6,10,16-18,34-35H,7H2,1H3/t10?,16-,17-,18-/m0/s1/i1D3. The fourth-order valence-electron chi connectivity index (χ4n) is 4.33. The number of likely N-dealkylation sites (N-methyl/N-ethyl adjacent to an activating group) is 1. The molecule has 8 nitrogen and oxygen atoms in total. The van der Waals surface area contributed by atoms with E-state index in [9.17, 15) is 41.8 Å². The molecule has 202 valence electrons. The number of fused-ring (bicyclic) bond motifs is 1. The van der Waals surface area contributed by atoms with E-state index < -0.39 is 100 Å². The first-order valence-electron chi connectivity index (χ1n) is 12.2. The average Bonchev–Trinajstić information content (AvgIpc) is 3.16. The molecule has 2 amide bonds. The lowest BCUT2D eigenvalue weighted by Gasteiger charge is -2.29. The van der Waals surface area contributed by atoms with Crippen molar-refractivity contribution in [1.29, 1.82) is 0 Å². The molecule has 1 aliphatic carbocycles. The normalized spacial score (nSPS) is 26.3. The molecule has 1 aromatic carbocycles. The molecule has 1 saturated heterocycles. The molecule has 2 fully saturated rings. The van der Waals surface area contributed by atoms with Crippen LogP contribution in [-0.2, 0) is 15.8 Å². The fraction of sp³-hybridized carbons (Fsp3) is 0.348. The minimum absolute atomic E-state index is 0.163. The van der Waals surface area contributed by atoms with Crippen LogP contribution in [0, 0.1) is 5.82 Å². The lowest BCUT2D eigenvalue weighted by atomic mass is 10.1. The molecule has 0 bridgehead atoms. The van der Waals surface area contributed by atoms with Gasteiger partial charge in [-0.05, 0) is 23.8 Å². The Morgan fingerprint density at radius 1 is 1.32 bits per heavy atom. The molecule has 15 heteroatoms. The topological polar surface area (TPSA) is 107 Å². The molecular weight excluding hydrogens is 548 g/mol. The molecular formula is C23H16ClF6N3O5. The van der Waals surface area contributed by atoms with Crippen LogP contribution in [0.2, 0.25) is 5.02 Å². The van der Waals surface area contributed by atoms with E-state index in [1.807, 2.05) is 0 Å². The molecule has 0 radical (unpaired) electrons. The van der Waals surface area contributed by atoms with E-state index in [1.54, 1.807) is 0 Å². The van der Waals surface area contributed by atoms with Gasteiger partial charge in [0.2, 0.25) is 0 Å². The number of pyridine rings is 1. The fourth-order valence-corrected chi connectivity index (χ4v) is 4.62. The Bertz CT molecular complexity index is 1580. The Kier molecular flexibility index (Phi) is 5.10. The molecule has 2 N–H and O–H groups in total. The number of furan rings is 1. The third kappa shape index (κ3) is 4.07. The molecule has 1 saturated carbocycles. The number of anilines is 2. The SMILES string of the molecule is [2H]C([2H])([2H])N(C(=O)[C@@H]1[C@H](O)[C@H](O)C(=O)N1c1cc(C(F)(F)F)c2occc2n1)c1cc(Cl)c(C2CC2(F)F)cc1F. The highest BCUT2D eigenvalue weighted by atomic mass is 35.5. The third-order valence-corrected chi connectivity index (χ3v) is 6.67. The third-order valence-electron chi connectivity index (χ3n) is 6.35. The average molecular weight is 567 g/mol. The van der Waals surface area contributed by atoms with E-state index in [1.165, 1.54) is 0 Å². The van der Waals surface area contributed by atoms with Crippen LogP contribution >= 0.6 is 11.6 Å². The summed E-state index contributed by atoms with van der Waals surface area (Å²) >= 11 is 6.03. The van der Waals surface area contributed by atoms with Crippen molar-refractivity contribution in [3.05, 3.63) is 52.5 Å². The maximum absolute atomic E-state index is 15.2. The Morgan fingerprint density at radius 2 is 2.00 bits per heavy atom. The minimum atomic E-state index is -5.07. The zero-order chi connectivity index (χ0) is 30.4. The van der Waals surface area contributed by atoms with Crippen molar-refractivity contribution >= 4 is 46.0 Å². The number of amides is 2. The number of aliphatic hydroxyl groups excluding tert-OH is 2. The number of carbonyl (C=O) groups excluding carboxylic acids is 2. The van der Waals surface area contributed by atoms with Crippen molar-refractivity contribution in [1.82, 2.24) is 4.98 Å². The second-order valence-electron chi connectivity index (χ2n) is 8.77. The van der Waals surface area contributed by atoms with Gasteiger partial charge in [-0.15, -0.1) is 0 Å². The molecule has 3 aromatic rings. The highest BCUT2D eigenvalue weighted by Gasteiger charge is 2.58. The molecule has 2 aromatic heterocycles. The second kappa shape index (κ2) is 8.58. The molecule has 0 spiro atoms. The van der Waals surface area contributed by atoms with E-state index in [4.69, 9.17) is 20.1 Å². The summed E-state index contributed by atoms with van der Waals surface area (Å²) in [5.41, 5.74) is -4.05. The van der Waals surface area contributed by atoms with Gasteiger partial charge in [-0.25, -0.2) is 18.2 Å². The summed E-state index contributed by atoms with van der Waals surface area (Å²) in [4.78, 5) is 30.3. The van der Waals surface area contributed by atoms with Gasteiger partial charge in [0, 0.05) is 28.6 Å². The second-order valence-corrected chi connectivity index (χ2v) is 9.17. The smallest absolute Gasteiger partial charge is 0.420 e. The van der Waals surface area contributed by atoms with Crippen LogP contribution in [-0.4, -0.2) is 58.2 Å². The van der Waals surface area contributed by atoms with E-state index >= 15 is 4.39 Å².